The second-order valence-corrected chi connectivity index (χ2v) is 4.57. The number of rotatable bonds is 5. The van der Waals surface area contributed by atoms with Crippen LogP contribution in [0.1, 0.15) is 22.5 Å². The van der Waals surface area contributed by atoms with Crippen molar-refractivity contribution in [1.82, 2.24) is 10.3 Å². The van der Waals surface area contributed by atoms with E-state index in [1.165, 1.54) is 13.3 Å². The van der Waals surface area contributed by atoms with Gasteiger partial charge >= 0.3 is 0 Å². The molecule has 1 fully saturated rings. The molecule has 20 heavy (non-hydrogen) atoms. The van der Waals surface area contributed by atoms with Gasteiger partial charge in [-0.3, -0.25) is 9.78 Å². The molecule has 0 spiro atoms. The minimum atomic E-state index is -1.07. The maximum Gasteiger partial charge on any atom is 0.267 e. The molecule has 0 aromatic carbocycles. The van der Waals surface area contributed by atoms with Crippen molar-refractivity contribution in [2.75, 3.05) is 20.3 Å². The average molecular weight is 283 g/mol. The van der Waals surface area contributed by atoms with E-state index in [1.807, 2.05) is 0 Å². The van der Waals surface area contributed by atoms with E-state index in [2.05, 4.69) is 10.3 Å². The van der Waals surface area contributed by atoms with Crippen LogP contribution >= 0.6 is 0 Å². The lowest BCUT2D eigenvalue weighted by Gasteiger charge is -2.27. The molecule has 1 aromatic heterocycles. The van der Waals surface area contributed by atoms with Gasteiger partial charge in [0.05, 0.1) is 13.7 Å². The van der Waals surface area contributed by atoms with Crippen LogP contribution in [0.15, 0.2) is 12.3 Å². The Morgan fingerprint density at radius 2 is 2.50 bits per heavy atom. The zero-order valence-electron chi connectivity index (χ0n) is 11.3. The second-order valence-electron chi connectivity index (χ2n) is 4.57. The van der Waals surface area contributed by atoms with Crippen molar-refractivity contribution >= 4 is 5.91 Å². The summed E-state index contributed by atoms with van der Waals surface area (Å²) in [6.45, 7) is 0.871. The van der Waals surface area contributed by atoms with E-state index in [-0.39, 0.29) is 24.9 Å². The summed E-state index contributed by atoms with van der Waals surface area (Å²) in [5.41, 5.74) is 5.98. The maximum absolute atomic E-state index is 13.7. The lowest BCUT2D eigenvalue weighted by molar-refractivity contribution is 0.0135. The zero-order valence-corrected chi connectivity index (χ0v) is 11.3. The smallest absolute Gasteiger partial charge is 0.267 e. The molecule has 1 aliphatic heterocycles. The molecule has 1 saturated heterocycles. The quantitative estimate of drug-likeness (QED) is 0.817. The van der Waals surface area contributed by atoms with Crippen LogP contribution in [0, 0.1) is 0 Å². The number of hydrogen-bond donors (Lipinski definition) is 2. The largest absolute Gasteiger partial charge is 0.496 e. The summed E-state index contributed by atoms with van der Waals surface area (Å²) in [4.78, 5) is 15.3. The number of nitrogens with two attached hydrogens (primary N) is 1. The Labute approximate surface area is 116 Å². The summed E-state index contributed by atoms with van der Waals surface area (Å²) in [6, 6.07) is 1.33. The van der Waals surface area contributed by atoms with Crippen LogP contribution < -0.4 is 15.8 Å². The third-order valence-corrected chi connectivity index (χ3v) is 3.29. The third-order valence-electron chi connectivity index (χ3n) is 3.29. The molecule has 6 nitrogen and oxygen atoms in total. The molecule has 2 rings (SSSR count). The van der Waals surface area contributed by atoms with Crippen LogP contribution in [0.25, 0.3) is 0 Å². The van der Waals surface area contributed by atoms with Crippen molar-refractivity contribution in [3.63, 3.8) is 0 Å². The minimum absolute atomic E-state index is 0.0878. The van der Waals surface area contributed by atoms with Gasteiger partial charge in [0, 0.05) is 31.0 Å². The molecular weight excluding hydrogens is 265 g/mol. The summed E-state index contributed by atoms with van der Waals surface area (Å²) in [5, 5.41) is 3.07. The molecule has 2 atom stereocenters. The Kier molecular flexibility index (Phi) is 4.86. The van der Waals surface area contributed by atoms with Crippen molar-refractivity contribution in [3.8, 4) is 5.75 Å². The molecule has 1 aliphatic rings. The summed E-state index contributed by atoms with van der Waals surface area (Å²) >= 11 is 0. The van der Waals surface area contributed by atoms with E-state index < -0.39 is 12.1 Å². The molecule has 0 saturated carbocycles. The number of alkyl halides is 1. The fraction of sp³-hybridized carbons (Fsp3) is 0.538. The lowest BCUT2D eigenvalue weighted by Crippen LogP contribution is -2.44. The van der Waals surface area contributed by atoms with Crippen LogP contribution in [-0.2, 0) is 11.3 Å². The fourth-order valence-corrected chi connectivity index (χ4v) is 2.22. The van der Waals surface area contributed by atoms with Gasteiger partial charge < -0.3 is 20.5 Å². The number of amides is 1. The zero-order chi connectivity index (χ0) is 14.5. The highest BCUT2D eigenvalue weighted by Gasteiger charge is 2.26. The molecular formula is C13H18FN3O3. The van der Waals surface area contributed by atoms with E-state index in [9.17, 15) is 9.18 Å². The number of carbonyl (C=O) groups is 1. The Bertz CT molecular complexity index is 484. The molecule has 110 valence electrons. The highest BCUT2D eigenvalue weighted by atomic mass is 19.1. The first-order chi connectivity index (χ1) is 9.63. The number of primary amides is 1. The molecule has 0 radical (unpaired) electrons. The van der Waals surface area contributed by atoms with Gasteiger partial charge in [-0.25, -0.2) is 4.39 Å². The monoisotopic (exact) mass is 283 g/mol. The molecule has 7 heteroatoms. The number of carbonyl (C=O) groups excluding carboxylic acids is 1. The van der Waals surface area contributed by atoms with E-state index in [1.54, 1.807) is 6.07 Å². The molecule has 0 unspecified atom stereocenters. The first-order valence-electron chi connectivity index (χ1n) is 6.40. The van der Waals surface area contributed by atoms with E-state index in [4.69, 9.17) is 15.2 Å². The highest BCUT2D eigenvalue weighted by Crippen LogP contribution is 2.21. The maximum atomic E-state index is 13.7. The number of pyridine rings is 1. The first-order valence-corrected chi connectivity index (χ1v) is 6.40. The van der Waals surface area contributed by atoms with E-state index >= 15 is 0 Å². The van der Waals surface area contributed by atoms with Gasteiger partial charge in [0.25, 0.3) is 5.91 Å². The topological polar surface area (TPSA) is 86.5 Å². The molecule has 2 heterocycles. The van der Waals surface area contributed by atoms with Crippen LogP contribution in [0.2, 0.25) is 0 Å². The highest BCUT2D eigenvalue weighted by molar-refractivity contribution is 5.92. The number of nitrogens with zero attached hydrogens (tertiary/aromatic N) is 1. The van der Waals surface area contributed by atoms with Gasteiger partial charge in [0.1, 0.15) is 17.6 Å². The number of halogens is 1. The van der Waals surface area contributed by atoms with Crippen molar-refractivity contribution in [1.29, 1.82) is 0 Å². The Morgan fingerprint density at radius 3 is 3.15 bits per heavy atom. The molecule has 0 aliphatic carbocycles. The summed E-state index contributed by atoms with van der Waals surface area (Å²) in [5.74, 6) is -0.131. The van der Waals surface area contributed by atoms with Crippen LogP contribution in [0.3, 0.4) is 0 Å². The third kappa shape index (κ3) is 3.23. The number of aromatic nitrogens is 1. The van der Waals surface area contributed by atoms with Crippen molar-refractivity contribution in [3.05, 3.63) is 23.5 Å². The molecule has 3 N–H and O–H groups in total. The van der Waals surface area contributed by atoms with Crippen molar-refractivity contribution in [2.24, 2.45) is 5.73 Å². The average Bonchev–Trinajstić information content (AvgIpc) is 2.46. The summed E-state index contributed by atoms with van der Waals surface area (Å²) < 4.78 is 23.9. The second kappa shape index (κ2) is 6.62. The Balaban J connectivity index is 2.13. The number of methoxy groups -OCH3 is 1. The number of ether oxygens (including phenoxy) is 2. The van der Waals surface area contributed by atoms with Gasteiger partial charge in [-0.2, -0.15) is 0 Å². The Morgan fingerprint density at radius 1 is 1.70 bits per heavy atom. The van der Waals surface area contributed by atoms with Crippen LogP contribution in [-0.4, -0.2) is 43.4 Å². The normalized spacial score (nSPS) is 22.5. The molecule has 1 amide bonds. The SMILES string of the molecule is COc1ccnc(C(N)=O)c1CN[C@@H]1CCOC[C@@H]1F. The predicted octanol–water partition coefficient (Wildman–Crippen LogP) is 0.406. The summed E-state index contributed by atoms with van der Waals surface area (Å²) in [7, 11) is 1.50. The van der Waals surface area contributed by atoms with Gasteiger partial charge in [0.2, 0.25) is 0 Å². The van der Waals surface area contributed by atoms with E-state index in [0.29, 0.717) is 24.3 Å². The fourth-order valence-electron chi connectivity index (χ4n) is 2.22. The molecule has 1 aromatic rings. The first kappa shape index (κ1) is 14.7. The van der Waals surface area contributed by atoms with Crippen molar-refractivity contribution in [2.45, 2.75) is 25.2 Å². The van der Waals surface area contributed by atoms with Crippen molar-refractivity contribution < 1.29 is 18.7 Å². The molecule has 0 bridgehead atoms. The van der Waals surface area contributed by atoms with E-state index in [0.717, 1.165) is 0 Å². The van der Waals surface area contributed by atoms with Crippen LogP contribution in [0.4, 0.5) is 4.39 Å². The lowest BCUT2D eigenvalue weighted by atomic mass is 10.1. The minimum Gasteiger partial charge on any atom is -0.496 e. The number of hydrogen-bond acceptors (Lipinski definition) is 5. The predicted molar refractivity (Wildman–Crippen MR) is 70.3 cm³/mol. The Hall–Kier alpha value is -1.73. The standard InChI is InChI=1S/C13H18FN3O3/c1-19-11-2-4-16-12(13(15)18)8(11)6-17-10-3-5-20-7-9(10)14/h2,4,9-10,17H,3,5-7H2,1H3,(H2,15,18)/t9-,10+/m0/s1. The van der Waals surface area contributed by atoms with Gasteiger partial charge in [-0.1, -0.05) is 0 Å². The summed E-state index contributed by atoms with van der Waals surface area (Å²) in [6.07, 6.45) is 0.966. The van der Waals surface area contributed by atoms with Gasteiger partial charge in [-0.05, 0) is 12.5 Å². The van der Waals surface area contributed by atoms with Crippen LogP contribution in [0.5, 0.6) is 5.75 Å². The van der Waals surface area contributed by atoms with Gasteiger partial charge in [-0.15, -0.1) is 0 Å². The van der Waals surface area contributed by atoms with Gasteiger partial charge in [0.15, 0.2) is 0 Å². The number of nitrogens with one attached hydrogen (secondary N) is 1.